The molecular formula is C13H16N4OS. The molecule has 0 saturated heterocycles. The molecule has 1 aromatic heterocycles. The Kier molecular flexibility index (Phi) is 4.35. The fraction of sp³-hybridized carbons (Fsp3) is 0.231. The molecule has 1 aromatic carbocycles. The van der Waals surface area contributed by atoms with E-state index in [0.717, 1.165) is 17.1 Å². The zero-order valence-electron chi connectivity index (χ0n) is 10.7. The van der Waals surface area contributed by atoms with Gasteiger partial charge in [-0.25, -0.2) is 0 Å². The standard InChI is InChI=1S/C13H16N4OS/c1-10-6-7-17(16-10)8-9-18-12-5-3-2-4-11(12)15-13(14)19/h2-7H,8-9H2,1H3,(H3,14,15,19). The molecule has 0 spiro atoms. The Morgan fingerprint density at radius 1 is 1.42 bits per heavy atom. The van der Waals surface area contributed by atoms with Crippen molar-refractivity contribution in [3.05, 3.63) is 42.2 Å². The van der Waals surface area contributed by atoms with Gasteiger partial charge in [-0.3, -0.25) is 4.68 Å². The molecule has 6 heteroatoms. The van der Waals surface area contributed by atoms with Gasteiger partial charge in [0.15, 0.2) is 5.11 Å². The van der Waals surface area contributed by atoms with Crippen LogP contribution in [0.1, 0.15) is 5.69 Å². The van der Waals surface area contributed by atoms with Crippen LogP contribution in [0.5, 0.6) is 5.75 Å². The predicted molar refractivity (Wildman–Crippen MR) is 79.3 cm³/mol. The van der Waals surface area contributed by atoms with Gasteiger partial charge in [0.25, 0.3) is 0 Å². The summed E-state index contributed by atoms with van der Waals surface area (Å²) in [7, 11) is 0. The number of benzene rings is 1. The summed E-state index contributed by atoms with van der Waals surface area (Å²) in [6.45, 7) is 3.17. The van der Waals surface area contributed by atoms with Crippen molar-refractivity contribution in [2.45, 2.75) is 13.5 Å². The molecule has 1 heterocycles. The highest BCUT2D eigenvalue weighted by molar-refractivity contribution is 7.80. The summed E-state index contributed by atoms with van der Waals surface area (Å²) in [6, 6.07) is 9.49. The number of nitrogens with zero attached hydrogens (tertiary/aromatic N) is 2. The van der Waals surface area contributed by atoms with E-state index in [9.17, 15) is 0 Å². The number of nitrogens with two attached hydrogens (primary N) is 1. The van der Waals surface area contributed by atoms with Gasteiger partial charge in [0.05, 0.1) is 17.9 Å². The molecule has 2 aromatic rings. The molecular weight excluding hydrogens is 260 g/mol. The van der Waals surface area contributed by atoms with E-state index in [1.54, 1.807) is 0 Å². The van der Waals surface area contributed by atoms with Crippen LogP contribution in [-0.4, -0.2) is 21.5 Å². The Morgan fingerprint density at radius 3 is 2.89 bits per heavy atom. The molecule has 0 unspecified atom stereocenters. The van der Waals surface area contributed by atoms with Crippen LogP contribution >= 0.6 is 12.2 Å². The van der Waals surface area contributed by atoms with Crippen molar-refractivity contribution in [1.29, 1.82) is 0 Å². The van der Waals surface area contributed by atoms with Gasteiger partial charge in [0, 0.05) is 6.20 Å². The highest BCUT2D eigenvalue weighted by Gasteiger charge is 2.03. The van der Waals surface area contributed by atoms with Crippen molar-refractivity contribution in [2.75, 3.05) is 11.9 Å². The zero-order chi connectivity index (χ0) is 13.7. The predicted octanol–water partition coefficient (Wildman–Crippen LogP) is 1.93. The number of hydrogen-bond donors (Lipinski definition) is 2. The molecule has 0 aliphatic rings. The van der Waals surface area contributed by atoms with Crippen LogP contribution in [0.3, 0.4) is 0 Å². The molecule has 3 N–H and O–H groups in total. The van der Waals surface area contributed by atoms with Gasteiger partial charge < -0.3 is 15.8 Å². The number of thiocarbonyl (C=S) groups is 1. The summed E-state index contributed by atoms with van der Waals surface area (Å²) in [5.74, 6) is 0.721. The Hall–Kier alpha value is -2.08. The number of nitrogens with one attached hydrogen (secondary N) is 1. The third kappa shape index (κ3) is 3.96. The van der Waals surface area contributed by atoms with E-state index in [-0.39, 0.29) is 5.11 Å². The lowest BCUT2D eigenvalue weighted by Crippen LogP contribution is -2.19. The van der Waals surface area contributed by atoms with Crippen LogP contribution < -0.4 is 15.8 Å². The molecule has 19 heavy (non-hydrogen) atoms. The molecule has 2 rings (SSSR count). The van der Waals surface area contributed by atoms with Crippen LogP contribution in [-0.2, 0) is 6.54 Å². The molecule has 0 radical (unpaired) electrons. The van der Waals surface area contributed by atoms with Crippen molar-refractivity contribution in [3.63, 3.8) is 0 Å². The maximum Gasteiger partial charge on any atom is 0.168 e. The van der Waals surface area contributed by atoms with Gasteiger partial charge in [-0.15, -0.1) is 0 Å². The SMILES string of the molecule is Cc1ccn(CCOc2ccccc2NC(N)=S)n1. The third-order valence-electron chi connectivity index (χ3n) is 2.50. The van der Waals surface area contributed by atoms with Gasteiger partial charge in [0.1, 0.15) is 12.4 Å². The number of hydrogen-bond acceptors (Lipinski definition) is 3. The first-order valence-corrected chi connectivity index (χ1v) is 6.34. The Balaban J connectivity index is 1.93. The molecule has 0 bridgehead atoms. The van der Waals surface area contributed by atoms with Crippen molar-refractivity contribution in [3.8, 4) is 5.75 Å². The van der Waals surface area contributed by atoms with Gasteiger partial charge in [-0.1, -0.05) is 12.1 Å². The van der Waals surface area contributed by atoms with Crippen LogP contribution in [0.4, 0.5) is 5.69 Å². The van der Waals surface area contributed by atoms with E-state index >= 15 is 0 Å². The molecule has 0 saturated carbocycles. The minimum absolute atomic E-state index is 0.221. The quantitative estimate of drug-likeness (QED) is 0.817. The number of aromatic nitrogens is 2. The van der Waals surface area contributed by atoms with E-state index in [2.05, 4.69) is 10.4 Å². The molecule has 100 valence electrons. The lowest BCUT2D eigenvalue weighted by Gasteiger charge is -2.12. The first-order chi connectivity index (χ1) is 9.15. The topological polar surface area (TPSA) is 65.1 Å². The highest BCUT2D eigenvalue weighted by atomic mass is 32.1. The van der Waals surface area contributed by atoms with Crippen LogP contribution in [0.25, 0.3) is 0 Å². The van der Waals surface area contributed by atoms with E-state index in [0.29, 0.717) is 13.2 Å². The van der Waals surface area contributed by atoms with E-state index < -0.39 is 0 Å². The minimum Gasteiger partial charge on any atom is -0.489 e. The largest absolute Gasteiger partial charge is 0.489 e. The number of aryl methyl sites for hydroxylation is 1. The Morgan fingerprint density at radius 2 is 2.21 bits per heavy atom. The Labute approximate surface area is 117 Å². The van der Waals surface area contributed by atoms with Crippen molar-refractivity contribution < 1.29 is 4.74 Å². The van der Waals surface area contributed by atoms with E-state index in [4.69, 9.17) is 22.7 Å². The van der Waals surface area contributed by atoms with Gasteiger partial charge in [-0.05, 0) is 37.3 Å². The number of rotatable bonds is 5. The van der Waals surface area contributed by atoms with Crippen molar-refractivity contribution in [2.24, 2.45) is 5.73 Å². The van der Waals surface area contributed by atoms with Crippen LogP contribution in [0.15, 0.2) is 36.5 Å². The monoisotopic (exact) mass is 276 g/mol. The molecule has 0 amide bonds. The summed E-state index contributed by atoms with van der Waals surface area (Å²) in [5, 5.41) is 7.40. The summed E-state index contributed by atoms with van der Waals surface area (Å²) >= 11 is 4.83. The van der Waals surface area contributed by atoms with E-state index in [1.807, 2.05) is 48.1 Å². The molecule has 0 fully saturated rings. The van der Waals surface area contributed by atoms with Crippen molar-refractivity contribution >= 4 is 23.0 Å². The Bertz CT molecular complexity index is 567. The van der Waals surface area contributed by atoms with Crippen molar-refractivity contribution in [1.82, 2.24) is 9.78 Å². The average molecular weight is 276 g/mol. The summed E-state index contributed by atoms with van der Waals surface area (Å²) in [4.78, 5) is 0. The lowest BCUT2D eigenvalue weighted by molar-refractivity contribution is 0.292. The normalized spacial score (nSPS) is 10.2. The maximum absolute atomic E-state index is 5.71. The summed E-state index contributed by atoms with van der Waals surface area (Å²) < 4.78 is 7.56. The first-order valence-electron chi connectivity index (χ1n) is 5.93. The molecule has 0 aliphatic heterocycles. The fourth-order valence-corrected chi connectivity index (χ4v) is 1.78. The minimum atomic E-state index is 0.221. The second-order valence-corrected chi connectivity index (χ2v) is 4.49. The van der Waals surface area contributed by atoms with E-state index in [1.165, 1.54) is 0 Å². The van der Waals surface area contributed by atoms with Gasteiger partial charge in [-0.2, -0.15) is 5.10 Å². The lowest BCUT2D eigenvalue weighted by atomic mass is 10.3. The fourth-order valence-electron chi connectivity index (χ4n) is 1.67. The maximum atomic E-state index is 5.71. The van der Waals surface area contributed by atoms with Crippen LogP contribution in [0, 0.1) is 6.92 Å². The third-order valence-corrected chi connectivity index (χ3v) is 2.60. The molecule has 0 atom stereocenters. The molecule has 5 nitrogen and oxygen atoms in total. The van der Waals surface area contributed by atoms with Gasteiger partial charge in [0.2, 0.25) is 0 Å². The number of para-hydroxylation sites is 2. The summed E-state index contributed by atoms with van der Waals surface area (Å²) in [5.41, 5.74) is 7.23. The van der Waals surface area contributed by atoms with Crippen LogP contribution in [0.2, 0.25) is 0 Å². The highest BCUT2D eigenvalue weighted by Crippen LogP contribution is 2.23. The smallest absolute Gasteiger partial charge is 0.168 e. The second-order valence-electron chi connectivity index (χ2n) is 4.05. The second kappa shape index (κ2) is 6.19. The molecule has 0 aliphatic carbocycles. The number of ether oxygens (including phenoxy) is 1. The van der Waals surface area contributed by atoms with Gasteiger partial charge >= 0.3 is 0 Å². The number of anilines is 1. The summed E-state index contributed by atoms with van der Waals surface area (Å²) in [6.07, 6.45) is 1.93. The zero-order valence-corrected chi connectivity index (χ0v) is 11.5. The average Bonchev–Trinajstić information content (AvgIpc) is 2.77. The first kappa shape index (κ1) is 13.4.